The Kier molecular flexibility index (Phi) is 5.55. The first-order valence-electron chi connectivity index (χ1n) is 10.6. The summed E-state index contributed by atoms with van der Waals surface area (Å²) in [5, 5.41) is 8.68. The van der Waals surface area contributed by atoms with Gasteiger partial charge in [-0.3, -0.25) is 0 Å². The van der Waals surface area contributed by atoms with Crippen molar-refractivity contribution in [2.75, 3.05) is 12.8 Å². The van der Waals surface area contributed by atoms with Gasteiger partial charge in [-0.25, -0.2) is 32.8 Å². The van der Waals surface area contributed by atoms with Crippen molar-refractivity contribution in [3.8, 4) is 22.7 Å². The van der Waals surface area contributed by atoms with Crippen LogP contribution >= 0.6 is 0 Å². The zero-order valence-corrected chi connectivity index (χ0v) is 18.7. The van der Waals surface area contributed by atoms with Crippen molar-refractivity contribution in [2.24, 2.45) is 0 Å². The van der Waals surface area contributed by atoms with Crippen molar-refractivity contribution in [1.29, 1.82) is 0 Å². The molecule has 0 fully saturated rings. The van der Waals surface area contributed by atoms with E-state index in [-0.39, 0.29) is 17.4 Å². The maximum Gasteiger partial charge on any atom is 0.221 e. The minimum atomic E-state index is -1.03. The Morgan fingerprint density at radius 1 is 1.09 bits per heavy atom. The van der Waals surface area contributed by atoms with E-state index >= 15 is 0 Å². The number of hydrogen-bond donors (Lipinski definition) is 1. The van der Waals surface area contributed by atoms with Gasteiger partial charge in [0.05, 0.1) is 30.9 Å². The summed E-state index contributed by atoms with van der Waals surface area (Å²) in [5.41, 5.74) is 7.96. The number of hydrogen-bond acceptors (Lipinski definition) is 7. The van der Waals surface area contributed by atoms with Gasteiger partial charge in [0.15, 0.2) is 11.6 Å². The van der Waals surface area contributed by atoms with E-state index < -0.39 is 23.5 Å². The van der Waals surface area contributed by atoms with E-state index in [1.54, 1.807) is 6.20 Å². The summed E-state index contributed by atoms with van der Waals surface area (Å²) in [6.07, 6.45) is 6.18. The molecule has 4 heterocycles. The molecule has 0 amide bonds. The van der Waals surface area contributed by atoms with Crippen LogP contribution in [0.5, 0.6) is 5.88 Å². The van der Waals surface area contributed by atoms with Crippen LogP contribution in [0.1, 0.15) is 25.1 Å². The summed E-state index contributed by atoms with van der Waals surface area (Å²) in [7, 11) is 1.43. The predicted molar refractivity (Wildman–Crippen MR) is 121 cm³/mol. The van der Waals surface area contributed by atoms with Gasteiger partial charge in [0.2, 0.25) is 5.88 Å². The van der Waals surface area contributed by atoms with Gasteiger partial charge in [0, 0.05) is 17.3 Å². The minimum Gasteiger partial charge on any atom is -0.481 e. The van der Waals surface area contributed by atoms with Gasteiger partial charge in [-0.2, -0.15) is 0 Å². The molecule has 0 aliphatic carbocycles. The van der Waals surface area contributed by atoms with Crippen molar-refractivity contribution >= 4 is 16.9 Å². The molecule has 0 saturated carbocycles. The zero-order chi connectivity index (χ0) is 24.7. The lowest BCUT2D eigenvalue weighted by molar-refractivity contribution is 0.398. The molecule has 0 spiro atoms. The molecule has 35 heavy (non-hydrogen) atoms. The van der Waals surface area contributed by atoms with Crippen LogP contribution < -0.4 is 10.5 Å². The molecule has 0 unspecified atom stereocenters. The second kappa shape index (κ2) is 8.70. The molecule has 0 aliphatic heterocycles. The molecule has 0 saturated heterocycles. The van der Waals surface area contributed by atoms with E-state index in [9.17, 15) is 13.2 Å². The lowest BCUT2D eigenvalue weighted by Crippen LogP contribution is -2.10. The fourth-order valence-corrected chi connectivity index (χ4v) is 4.10. The van der Waals surface area contributed by atoms with E-state index in [1.165, 1.54) is 42.5 Å². The largest absolute Gasteiger partial charge is 0.481 e. The molecule has 1 aromatic carbocycles. The van der Waals surface area contributed by atoms with Gasteiger partial charge < -0.3 is 15.0 Å². The first kappa shape index (κ1) is 22.3. The lowest BCUT2D eigenvalue weighted by Gasteiger charge is -2.15. The molecule has 0 aliphatic rings. The molecule has 0 bridgehead atoms. The summed E-state index contributed by atoms with van der Waals surface area (Å²) >= 11 is 0. The fraction of sp³-hybridized carbons (Fsp3) is 0.174. The van der Waals surface area contributed by atoms with Crippen LogP contribution in [-0.4, -0.2) is 41.6 Å². The van der Waals surface area contributed by atoms with Crippen LogP contribution in [0.25, 0.3) is 27.8 Å². The molecular formula is C23H19F3N8O. The quantitative estimate of drug-likeness (QED) is 0.390. The van der Waals surface area contributed by atoms with Crippen LogP contribution in [0.3, 0.4) is 0 Å². The number of benzene rings is 1. The van der Waals surface area contributed by atoms with Gasteiger partial charge in [0.1, 0.15) is 35.0 Å². The number of aromatic nitrogens is 7. The Morgan fingerprint density at radius 3 is 2.69 bits per heavy atom. The Balaban J connectivity index is 1.68. The summed E-state index contributed by atoms with van der Waals surface area (Å²) in [4.78, 5) is 12.5. The van der Waals surface area contributed by atoms with E-state index in [0.29, 0.717) is 34.3 Å². The number of nitrogens with two attached hydrogens (primary N) is 1. The maximum atomic E-state index is 14.3. The van der Waals surface area contributed by atoms with Gasteiger partial charge in [-0.15, -0.1) is 5.10 Å². The van der Waals surface area contributed by atoms with E-state index in [0.717, 1.165) is 12.3 Å². The molecule has 5 aromatic rings. The molecule has 2 N–H and O–H groups in total. The first-order valence-corrected chi connectivity index (χ1v) is 10.6. The van der Waals surface area contributed by atoms with Gasteiger partial charge in [-0.1, -0.05) is 18.2 Å². The zero-order valence-electron chi connectivity index (χ0n) is 18.7. The third-order valence-corrected chi connectivity index (χ3v) is 5.69. The average Bonchev–Trinajstić information content (AvgIpc) is 3.48. The third kappa shape index (κ3) is 3.72. The number of methoxy groups -OCH3 is 1. The lowest BCUT2D eigenvalue weighted by atomic mass is 10.1. The number of fused-ring (bicyclic) bond motifs is 1. The highest BCUT2D eigenvalue weighted by atomic mass is 19.2. The van der Waals surface area contributed by atoms with Crippen molar-refractivity contribution in [3.05, 3.63) is 72.3 Å². The molecule has 1 atom stereocenters. The average molecular weight is 480 g/mol. The monoisotopic (exact) mass is 480 g/mol. The Hall–Kier alpha value is -4.48. The number of pyridine rings is 1. The third-order valence-electron chi connectivity index (χ3n) is 5.69. The normalized spacial score (nSPS) is 12.3. The second-order valence-electron chi connectivity index (χ2n) is 7.70. The molecule has 178 valence electrons. The topological polar surface area (TPSA) is 110 Å². The van der Waals surface area contributed by atoms with Crippen LogP contribution in [0.15, 0.2) is 49.2 Å². The highest BCUT2D eigenvalue weighted by molar-refractivity contribution is 6.01. The number of ether oxygens (including phenoxy) is 1. The predicted octanol–water partition coefficient (Wildman–Crippen LogP) is 4.08. The Morgan fingerprint density at radius 2 is 1.91 bits per heavy atom. The highest BCUT2D eigenvalue weighted by Crippen LogP contribution is 2.39. The minimum absolute atomic E-state index is 0.0706. The first-order chi connectivity index (χ1) is 16.9. The van der Waals surface area contributed by atoms with Crippen LogP contribution in [0, 0.1) is 17.5 Å². The summed E-state index contributed by atoms with van der Waals surface area (Å²) in [5.74, 6) is -2.18. The van der Waals surface area contributed by atoms with E-state index in [4.69, 9.17) is 10.5 Å². The van der Waals surface area contributed by atoms with Crippen molar-refractivity contribution < 1.29 is 17.9 Å². The Bertz CT molecular complexity index is 1550. The molecule has 9 nitrogen and oxygen atoms in total. The molecule has 12 heteroatoms. The molecular weight excluding hydrogens is 461 g/mol. The van der Waals surface area contributed by atoms with Gasteiger partial charge in [0.25, 0.3) is 0 Å². The molecule has 5 rings (SSSR count). The van der Waals surface area contributed by atoms with Crippen LogP contribution in [0.2, 0.25) is 0 Å². The summed E-state index contributed by atoms with van der Waals surface area (Å²) in [6.45, 7) is 1.92. The van der Waals surface area contributed by atoms with Crippen LogP contribution in [-0.2, 0) is 0 Å². The standard InChI is InChI=1S/C23H19F3N8O/c1-3-17(16-10-34(32-31-16)18-6-4-5-15(25)20(18)26)33-9-14(19-21(27)29-11-30-22(19)33)13-7-12(24)8-28-23(13)35-2/h4-11,17H,3H2,1-2H3,(H2,27,29,30)/t17-/m1/s1. The number of rotatable bonds is 6. The van der Waals surface area contributed by atoms with Crippen LogP contribution in [0.4, 0.5) is 19.0 Å². The SMILES string of the molecule is CC[C@H](c1cn(-c2cccc(F)c2F)nn1)n1cc(-c2cc(F)cnc2OC)c2c(N)ncnc21. The smallest absolute Gasteiger partial charge is 0.221 e. The Labute approximate surface area is 197 Å². The number of nitrogens with zero attached hydrogens (tertiary/aromatic N) is 7. The number of nitrogen functional groups attached to an aromatic ring is 1. The van der Waals surface area contributed by atoms with Gasteiger partial charge in [-0.05, 0) is 24.6 Å². The number of anilines is 1. The van der Waals surface area contributed by atoms with Crippen molar-refractivity contribution in [1.82, 2.24) is 34.5 Å². The van der Waals surface area contributed by atoms with E-state index in [1.807, 2.05) is 11.5 Å². The van der Waals surface area contributed by atoms with E-state index in [2.05, 4.69) is 25.3 Å². The summed E-state index contributed by atoms with van der Waals surface area (Å²) < 4.78 is 50.5. The second-order valence-corrected chi connectivity index (χ2v) is 7.70. The highest BCUT2D eigenvalue weighted by Gasteiger charge is 2.25. The van der Waals surface area contributed by atoms with Crippen molar-refractivity contribution in [3.63, 3.8) is 0 Å². The molecule has 4 aromatic heterocycles. The number of halogens is 3. The fourth-order valence-electron chi connectivity index (χ4n) is 4.10. The maximum absolute atomic E-state index is 14.3. The van der Waals surface area contributed by atoms with Gasteiger partial charge >= 0.3 is 0 Å². The summed E-state index contributed by atoms with van der Waals surface area (Å²) in [6, 6.07) is 4.69. The molecule has 0 radical (unpaired) electrons. The van der Waals surface area contributed by atoms with Crippen molar-refractivity contribution in [2.45, 2.75) is 19.4 Å².